The highest BCUT2D eigenvalue weighted by Crippen LogP contribution is 2.49. The van der Waals surface area contributed by atoms with Crippen LogP contribution in [0.1, 0.15) is 0 Å². The molecule has 0 spiro atoms. The van der Waals surface area contributed by atoms with E-state index in [0.717, 1.165) is 0 Å². The van der Waals surface area contributed by atoms with Gasteiger partial charge in [-0.05, 0) is 873 Å². The summed E-state index contributed by atoms with van der Waals surface area (Å²) in [7, 11) is 0. The van der Waals surface area contributed by atoms with E-state index in [9.17, 15) is 0 Å². The summed E-state index contributed by atoms with van der Waals surface area (Å²) in [4.78, 5) is 0. The Morgan fingerprint density at radius 1 is 0.0840 bits per heavy atom. The van der Waals surface area contributed by atoms with E-state index in [0.29, 0.717) is 0 Å². The second-order valence-corrected chi connectivity index (χ2v) is 436. The smallest absolute Gasteiger partial charge is 0.0451 e. The molecule has 0 N–H and O–H groups in total. The van der Waals surface area contributed by atoms with E-state index >= 15 is 0 Å². The van der Waals surface area contributed by atoms with E-state index in [-0.39, 0.29) is 0 Å². The highest BCUT2D eigenvalue weighted by Gasteiger charge is 2.52. The molecule has 0 aromatic rings. The summed E-state index contributed by atoms with van der Waals surface area (Å²) >= 11 is 484. The maximum Gasteiger partial charge on any atom is 0.0451 e. The minimum atomic E-state index is -4.30. The van der Waals surface area contributed by atoms with Gasteiger partial charge < -0.3 is 0 Å². The maximum atomic E-state index is 6.27. The van der Waals surface area contributed by atoms with E-state index in [1.165, 1.54) is 0 Å². The molecular formula is HIS118. The van der Waals surface area contributed by atoms with Crippen molar-refractivity contribution in [2.24, 2.45) is 0 Å². The average molecular weight is 3910 g/mol. The molecule has 0 aromatic heterocycles. The van der Waals surface area contributed by atoms with Gasteiger partial charge in [-0.25, -0.2) is 0 Å². The number of thiol groups is 1. The largest absolute Gasteiger partial charge is 0.0917 e. The van der Waals surface area contributed by atoms with Crippen LogP contribution >= 0.6 is 32.9 Å². The molecule has 0 nitrogen and oxygen atoms in total. The van der Waals surface area contributed by atoms with Gasteiger partial charge in [0.15, 0.2) is 0 Å². The Bertz CT molecular complexity index is 8960. The van der Waals surface area contributed by atoms with Crippen LogP contribution in [0.2, 0.25) is 0 Å². The zero-order valence-electron chi connectivity index (χ0n) is 48.6. The monoisotopic (exact) mass is 3900 g/mol. The minimum absolute atomic E-state index is 1.72. The molecule has 0 heterocycles. The van der Waals surface area contributed by atoms with Crippen molar-refractivity contribution in [2.45, 2.75) is 0 Å². The van der Waals surface area contributed by atoms with Gasteiger partial charge in [0, 0.05) is 223 Å². The molecule has 0 unspecified atom stereocenters. The molecular weight excluding hydrogens is 3910 g/mol. The third-order valence-corrected chi connectivity index (χ3v) is 777. The van der Waals surface area contributed by atoms with Crippen molar-refractivity contribution in [3.05, 3.63) is 0 Å². The quantitative estimate of drug-likeness (QED) is 0.0405. The number of rotatable bonds is 38. The normalized spacial score (nSPS) is 17.1. The number of hydrogen-bond acceptors (Lipinski definition) is 78. The zero-order chi connectivity index (χ0) is 99.5. The van der Waals surface area contributed by atoms with Gasteiger partial charge in [-0.1, -0.05) is 11.7 Å². The fourth-order valence-electron chi connectivity index (χ4n) is 3.78. The zero-order valence-corrected chi connectivity index (χ0v) is 147. The van der Waals surface area contributed by atoms with Crippen LogP contribution in [0.4, 0.5) is 0 Å². The molecule has 0 aliphatic heterocycles. The lowest BCUT2D eigenvalue weighted by atomic mass is 29.7. The highest BCUT2D eigenvalue weighted by atomic mass is 127. The maximum absolute atomic E-state index is 6.27. The van der Waals surface area contributed by atoms with Crippen molar-refractivity contribution in [3.63, 3.8) is 0 Å². The first-order valence-corrected chi connectivity index (χ1v) is 179. The molecule has 0 rings (SSSR count). The first kappa shape index (κ1) is 151. The molecule has 119 heavy (non-hydrogen) atoms. The standard InChI is InChI=1S/HIS118/c1-81(2,3)83(7,8)85(11,12)87(15,16)89(19,20)91(23,24)93(27,28)95(31,32)97(35,36)99(39,40)101(43,44)103(47,48)105(51,52)107(55,56)109(59,60)111(63,64)113(67,68)115(71,72)117(75,76)119(79,80)118(77,78)116(73,74)114(69,70)112(65,66)110(61,62)108(57,58)106(53,54)104(49,50)102(45,46)100(41,42)98(37,38)96(33,34)94(29,30)92(25,26)90(21,22)88(17,18)86(13,14)84(9,10)82(4,5)6/h(H,4,5,6). The minimum Gasteiger partial charge on any atom is -0.0917 e. The average Bonchev–Trinajstić information content (AvgIpc) is 0.676. The molecule has 0 saturated heterocycles. The molecule has 119 heteroatoms. The van der Waals surface area contributed by atoms with Gasteiger partial charge in [-0.15, -0.1) is 0 Å². The first-order chi connectivity index (χ1) is 49.5. The van der Waals surface area contributed by atoms with Gasteiger partial charge in [-0.3, -0.25) is 0 Å². The van der Waals surface area contributed by atoms with Gasteiger partial charge in [0.05, 0.1) is 0 Å². The van der Waals surface area contributed by atoms with E-state index < -0.39 is 201 Å². The molecule has 0 aliphatic carbocycles. The van der Waals surface area contributed by atoms with Crippen LogP contribution < -0.4 is 0 Å². The van der Waals surface area contributed by atoms with Gasteiger partial charge >= 0.3 is 0 Å². The van der Waals surface area contributed by atoms with Crippen molar-refractivity contribution in [1.29, 1.82) is 0 Å². The molecule has 0 aliphatic rings. The number of halogens is 1. The fourth-order valence-corrected chi connectivity index (χ4v) is 927. The molecule has 0 amide bonds. The Morgan fingerprint density at radius 2 is 0.126 bits per heavy atom. The predicted octanol–water partition coefficient (Wildman–Crippen LogP) is 0.985. The molecule has 0 aromatic carbocycles. The Hall–Kier alpha value is 31.9. The lowest BCUT2D eigenvalue weighted by molar-refractivity contribution is 4.96. The Labute approximate surface area is 1070 Å². The Morgan fingerprint density at radius 3 is 0.168 bits per heavy atom. The van der Waals surface area contributed by atoms with Crippen molar-refractivity contribution in [1.82, 2.24) is 0 Å². The van der Waals surface area contributed by atoms with Crippen LogP contribution in [0.15, 0.2) is 0 Å². The van der Waals surface area contributed by atoms with Crippen LogP contribution in [0.3, 0.4) is 0 Å². The summed E-state index contributed by atoms with van der Waals surface area (Å²) in [6, 6.07) is 0. The van der Waals surface area contributed by atoms with Gasteiger partial charge in [0.25, 0.3) is 0 Å². The lowest BCUT2D eigenvalue weighted by Gasteiger charge is -2.37. The summed E-state index contributed by atoms with van der Waals surface area (Å²) in [6.07, 6.45) is 0. The first-order valence-electron chi connectivity index (χ1n) is 19.7. The summed E-state index contributed by atoms with van der Waals surface area (Å²) in [5, 5.41) is -154. The molecule has 0 atom stereocenters. The third-order valence-electron chi connectivity index (χ3n) is 9.50. The van der Waals surface area contributed by atoms with Crippen LogP contribution in [-0.2, 0) is 1070 Å². The van der Waals surface area contributed by atoms with Gasteiger partial charge in [-0.2, -0.15) is 0 Å². The van der Waals surface area contributed by atoms with Crippen LogP contribution in [0.5, 0.6) is 0 Å². The summed E-state index contributed by atoms with van der Waals surface area (Å²) in [6.45, 7) is 0. The Balaban J connectivity index is 8.93. The van der Waals surface area contributed by atoms with Crippen molar-refractivity contribution in [3.8, 4) is 0 Å². The Kier molecular flexibility index (Phi) is 59.6. The predicted molar refractivity (Wildman–Crippen MR) is 885 cm³/mol. The van der Waals surface area contributed by atoms with Gasteiger partial charge in [0.1, 0.15) is 0 Å². The second-order valence-electron chi connectivity index (χ2n) is 15.9. The summed E-state index contributed by atoms with van der Waals surface area (Å²) in [5.74, 6) is 0. The fraction of sp³-hybridized carbons (Fsp3) is 0. The summed E-state index contributed by atoms with van der Waals surface area (Å²) < 4.78 is -2.80. The lowest BCUT2D eigenvalue weighted by Crippen LogP contribution is -2.41. The second kappa shape index (κ2) is 47.0. The van der Waals surface area contributed by atoms with E-state index in [2.05, 4.69) is 11.7 Å². The van der Waals surface area contributed by atoms with E-state index in [4.69, 9.17) is 873 Å². The molecule has 0 fully saturated rings. The molecule has 0 saturated carbocycles. The van der Waals surface area contributed by atoms with Crippen molar-refractivity contribution >= 4 is 1110 Å². The van der Waals surface area contributed by atoms with Crippen LogP contribution in [0.25, 0.3) is 0 Å². The number of hydrogen-bond donors (Lipinski definition) is 1. The SMILES string of the molecule is S=S(=S)(S)S(=S)(=S)S(=S)(=S)S(=S)(=S)S(=S)(=S)S(=S)(=S)S(=S)(=S)S(=S)(=S)S(=S)(=S)S(=S)(=S)S(=S)(=S)S(=S)(=S)S(=S)(=S)S(=S)(=S)S(=S)(=S)S(=S)(=S)S(=S)(=S)S(=S)(=S)S(=S)(=S)S(=S)(=S)S(=S)(=S)S(=S)(=S)S(=S)(=S)S(=S)(=S)S(=S)(=S)S(=S)(=S)S(=S)(=S)S(=S)(=S)S(=S)(=S)S(=S)(=S)S(=S)(=S)S(=S)(=S)S(=S)(=S)S(=S)(=S)S(=S)(=S)S(=S)(=S)S(=S)(=S)S(=S)(=S)S(=S)(=S)I. The molecule has 716 valence electrons. The van der Waals surface area contributed by atoms with E-state index in [1.54, 1.807) is 21.2 Å². The van der Waals surface area contributed by atoms with Crippen LogP contribution in [-0.4, -0.2) is 0 Å². The summed E-state index contributed by atoms with van der Waals surface area (Å²) in [5.41, 5.74) is 0. The topological polar surface area (TPSA) is 0 Å². The molecule has 0 bridgehead atoms. The van der Waals surface area contributed by atoms with E-state index in [1.807, 2.05) is 0 Å². The van der Waals surface area contributed by atoms with Crippen molar-refractivity contribution < 1.29 is 0 Å². The highest BCUT2D eigenvalue weighted by molar-refractivity contribution is 14.2. The van der Waals surface area contributed by atoms with Crippen molar-refractivity contribution in [2.75, 3.05) is 0 Å². The third kappa shape index (κ3) is 23.5. The molecule has 0 radical (unpaired) electrons. The van der Waals surface area contributed by atoms with Gasteiger partial charge in [0.2, 0.25) is 0 Å². The van der Waals surface area contributed by atoms with Crippen LogP contribution in [0, 0.1) is 0 Å².